The van der Waals surface area contributed by atoms with Crippen LogP contribution in [0.3, 0.4) is 0 Å². The molecule has 9 heteroatoms. The van der Waals surface area contributed by atoms with Crippen molar-refractivity contribution in [1.82, 2.24) is 15.0 Å². The van der Waals surface area contributed by atoms with Crippen LogP contribution in [-0.2, 0) is 4.74 Å². The summed E-state index contributed by atoms with van der Waals surface area (Å²) in [5.74, 6) is 0.925. The summed E-state index contributed by atoms with van der Waals surface area (Å²) in [6.07, 6.45) is 0.934. The van der Waals surface area contributed by atoms with E-state index in [-0.39, 0.29) is 19.2 Å². The molecule has 0 aromatic carbocycles. The van der Waals surface area contributed by atoms with Gasteiger partial charge in [0.05, 0.1) is 20.3 Å². The molecule has 2 aliphatic rings. The summed E-state index contributed by atoms with van der Waals surface area (Å²) in [5.41, 5.74) is 0. The fraction of sp³-hybridized carbons (Fsp3) is 0.800. The number of halogens is 2. The molecule has 0 unspecified atom stereocenters. The fourth-order valence-corrected chi connectivity index (χ4v) is 2.99. The number of aromatic nitrogens is 3. The molecule has 2 aliphatic heterocycles. The minimum atomic E-state index is -2.53. The number of anilines is 2. The Morgan fingerprint density at radius 1 is 1.00 bits per heavy atom. The monoisotopic (exact) mass is 343 g/mol. The van der Waals surface area contributed by atoms with E-state index in [9.17, 15) is 8.78 Å². The highest BCUT2D eigenvalue weighted by Crippen LogP contribution is 2.23. The number of rotatable bonds is 4. The quantitative estimate of drug-likeness (QED) is 0.825. The summed E-state index contributed by atoms with van der Waals surface area (Å²) >= 11 is 0. The number of alkyl halides is 2. The van der Waals surface area contributed by atoms with Gasteiger partial charge in [0.1, 0.15) is 6.10 Å². The number of hydrogen-bond acceptors (Lipinski definition) is 7. The van der Waals surface area contributed by atoms with Crippen LogP contribution >= 0.6 is 0 Å². The van der Waals surface area contributed by atoms with Crippen molar-refractivity contribution >= 4 is 11.9 Å². The molecule has 3 heterocycles. The van der Waals surface area contributed by atoms with Crippen molar-refractivity contribution < 1.29 is 18.3 Å². The van der Waals surface area contributed by atoms with Gasteiger partial charge in [0.15, 0.2) is 0 Å². The third-order valence-electron chi connectivity index (χ3n) is 4.32. The van der Waals surface area contributed by atoms with E-state index in [0.717, 1.165) is 25.9 Å². The van der Waals surface area contributed by atoms with E-state index in [1.54, 1.807) is 4.90 Å². The highest BCUT2D eigenvalue weighted by molar-refractivity contribution is 5.41. The molecule has 0 N–H and O–H groups in total. The summed E-state index contributed by atoms with van der Waals surface area (Å²) in [5, 5.41) is 0. The van der Waals surface area contributed by atoms with Gasteiger partial charge in [-0.3, -0.25) is 0 Å². The highest BCUT2D eigenvalue weighted by atomic mass is 19.3. The number of methoxy groups -OCH3 is 1. The smallest absolute Gasteiger partial charge is 0.322 e. The third-order valence-corrected chi connectivity index (χ3v) is 4.32. The molecule has 24 heavy (non-hydrogen) atoms. The SMILES string of the molecule is COc1nc(N2CCCCCC2)nc(N2CCO[C@H](C(F)F)C2)n1. The lowest BCUT2D eigenvalue weighted by molar-refractivity contribution is -0.0617. The molecule has 0 saturated carbocycles. The van der Waals surface area contributed by atoms with Crippen LogP contribution in [0.4, 0.5) is 20.7 Å². The van der Waals surface area contributed by atoms with Crippen LogP contribution in [0.1, 0.15) is 25.7 Å². The summed E-state index contributed by atoms with van der Waals surface area (Å²) in [4.78, 5) is 16.9. The molecular weight excluding hydrogens is 320 g/mol. The molecule has 7 nitrogen and oxygen atoms in total. The van der Waals surface area contributed by atoms with Gasteiger partial charge in [0.2, 0.25) is 11.9 Å². The predicted octanol–water partition coefficient (Wildman–Crippen LogP) is 1.73. The fourth-order valence-electron chi connectivity index (χ4n) is 2.99. The van der Waals surface area contributed by atoms with E-state index in [1.165, 1.54) is 20.0 Å². The Morgan fingerprint density at radius 2 is 1.67 bits per heavy atom. The van der Waals surface area contributed by atoms with Crippen LogP contribution in [0.25, 0.3) is 0 Å². The van der Waals surface area contributed by atoms with E-state index in [0.29, 0.717) is 18.4 Å². The Kier molecular flexibility index (Phi) is 5.60. The summed E-state index contributed by atoms with van der Waals surface area (Å²) < 4.78 is 36.2. The zero-order chi connectivity index (χ0) is 16.9. The van der Waals surface area contributed by atoms with E-state index in [4.69, 9.17) is 9.47 Å². The second kappa shape index (κ2) is 7.87. The van der Waals surface area contributed by atoms with Crippen molar-refractivity contribution in [3.63, 3.8) is 0 Å². The lowest BCUT2D eigenvalue weighted by Crippen LogP contribution is -2.46. The highest BCUT2D eigenvalue weighted by Gasteiger charge is 2.30. The zero-order valence-electron chi connectivity index (χ0n) is 13.8. The average Bonchev–Trinajstić information content (AvgIpc) is 2.91. The topological polar surface area (TPSA) is 63.6 Å². The minimum absolute atomic E-state index is 0.0598. The molecule has 0 amide bonds. The molecule has 3 rings (SSSR count). The van der Waals surface area contributed by atoms with Gasteiger partial charge >= 0.3 is 6.01 Å². The largest absolute Gasteiger partial charge is 0.467 e. The van der Waals surface area contributed by atoms with Gasteiger partial charge in [-0.1, -0.05) is 12.8 Å². The number of nitrogens with zero attached hydrogens (tertiary/aromatic N) is 5. The van der Waals surface area contributed by atoms with E-state index >= 15 is 0 Å². The maximum atomic E-state index is 12.9. The molecule has 1 aromatic heterocycles. The Bertz CT molecular complexity index is 541. The van der Waals surface area contributed by atoms with Crippen molar-refractivity contribution in [2.24, 2.45) is 0 Å². The van der Waals surface area contributed by atoms with Crippen molar-refractivity contribution in [3.05, 3.63) is 0 Å². The zero-order valence-corrected chi connectivity index (χ0v) is 13.8. The molecule has 0 radical (unpaired) electrons. The molecule has 2 saturated heterocycles. The molecule has 1 aromatic rings. The molecule has 134 valence electrons. The number of morpholine rings is 1. The van der Waals surface area contributed by atoms with Crippen molar-refractivity contribution in [1.29, 1.82) is 0 Å². The predicted molar refractivity (Wildman–Crippen MR) is 85.0 cm³/mol. The second-order valence-corrected chi connectivity index (χ2v) is 6.01. The first-order chi connectivity index (χ1) is 11.7. The van der Waals surface area contributed by atoms with Crippen LogP contribution < -0.4 is 14.5 Å². The Hall–Kier alpha value is -1.77. The molecular formula is C15H23F2N5O2. The van der Waals surface area contributed by atoms with Gasteiger partial charge in [0.25, 0.3) is 6.43 Å². The van der Waals surface area contributed by atoms with Gasteiger partial charge in [0, 0.05) is 19.6 Å². The first-order valence-electron chi connectivity index (χ1n) is 8.37. The molecule has 0 spiro atoms. The lowest BCUT2D eigenvalue weighted by Gasteiger charge is -2.33. The maximum absolute atomic E-state index is 12.9. The van der Waals surface area contributed by atoms with Crippen LogP contribution in [0.5, 0.6) is 6.01 Å². The van der Waals surface area contributed by atoms with Crippen molar-refractivity contribution in [2.75, 3.05) is 49.7 Å². The Balaban J connectivity index is 1.83. The first-order valence-corrected chi connectivity index (χ1v) is 8.37. The van der Waals surface area contributed by atoms with Gasteiger partial charge in [-0.2, -0.15) is 15.0 Å². The van der Waals surface area contributed by atoms with Crippen LogP contribution in [-0.4, -0.2) is 67.4 Å². The van der Waals surface area contributed by atoms with E-state index < -0.39 is 12.5 Å². The summed E-state index contributed by atoms with van der Waals surface area (Å²) in [7, 11) is 1.49. The normalized spacial score (nSPS) is 22.6. The first kappa shape index (κ1) is 17.1. The standard InChI is InChI=1S/C15H23F2N5O2/c1-23-15-19-13(21-6-4-2-3-5-7-21)18-14(20-15)22-8-9-24-11(10-22)12(16)17/h11-12H,2-10H2,1H3/t11-/m0/s1. The minimum Gasteiger partial charge on any atom is -0.467 e. The molecule has 1 atom stereocenters. The van der Waals surface area contributed by atoms with Crippen molar-refractivity contribution in [3.8, 4) is 6.01 Å². The second-order valence-electron chi connectivity index (χ2n) is 6.01. The van der Waals surface area contributed by atoms with E-state index in [2.05, 4.69) is 19.9 Å². The lowest BCUT2D eigenvalue weighted by atomic mass is 10.2. The molecule has 0 aliphatic carbocycles. The van der Waals surface area contributed by atoms with Crippen LogP contribution in [0, 0.1) is 0 Å². The number of hydrogen-bond donors (Lipinski definition) is 0. The number of ether oxygens (including phenoxy) is 2. The summed E-state index contributed by atoms with van der Waals surface area (Å²) in [6, 6.07) is 0.208. The van der Waals surface area contributed by atoms with Crippen molar-refractivity contribution in [2.45, 2.75) is 38.2 Å². The molecule has 0 bridgehead atoms. The van der Waals surface area contributed by atoms with Gasteiger partial charge < -0.3 is 19.3 Å². The van der Waals surface area contributed by atoms with Gasteiger partial charge in [-0.15, -0.1) is 0 Å². The van der Waals surface area contributed by atoms with E-state index in [1.807, 2.05) is 0 Å². The molecule has 2 fully saturated rings. The Morgan fingerprint density at radius 3 is 2.29 bits per heavy atom. The maximum Gasteiger partial charge on any atom is 0.322 e. The average molecular weight is 343 g/mol. The van der Waals surface area contributed by atoms with Crippen LogP contribution in [0.15, 0.2) is 0 Å². The van der Waals surface area contributed by atoms with Gasteiger partial charge in [-0.25, -0.2) is 8.78 Å². The van der Waals surface area contributed by atoms with Gasteiger partial charge in [-0.05, 0) is 12.8 Å². The van der Waals surface area contributed by atoms with Crippen LogP contribution in [0.2, 0.25) is 0 Å². The third kappa shape index (κ3) is 4.00. The summed E-state index contributed by atoms with van der Waals surface area (Å²) in [6.45, 7) is 2.52. The Labute approximate surface area is 140 Å².